The van der Waals surface area contributed by atoms with Crippen LogP contribution in [0.5, 0.6) is 0 Å². The molecule has 0 radical (unpaired) electrons. The second-order valence-electron chi connectivity index (χ2n) is 5.61. The van der Waals surface area contributed by atoms with Gasteiger partial charge in [0.1, 0.15) is 0 Å². The van der Waals surface area contributed by atoms with Crippen LogP contribution in [0, 0.1) is 0 Å². The Balaban J connectivity index is 1.99. The van der Waals surface area contributed by atoms with Gasteiger partial charge in [-0.3, -0.25) is 4.68 Å². The van der Waals surface area contributed by atoms with Crippen molar-refractivity contribution in [3.8, 4) is 11.4 Å². The van der Waals surface area contributed by atoms with Crippen molar-refractivity contribution in [3.63, 3.8) is 0 Å². The van der Waals surface area contributed by atoms with E-state index in [4.69, 9.17) is 4.98 Å². The van der Waals surface area contributed by atoms with Crippen LogP contribution in [0.1, 0.15) is 49.7 Å². The molecule has 0 fully saturated rings. The lowest BCUT2D eigenvalue weighted by Crippen LogP contribution is -2.25. The molecule has 1 N–H and O–H groups in total. The van der Waals surface area contributed by atoms with Crippen molar-refractivity contribution in [1.82, 2.24) is 25.1 Å². The highest BCUT2D eigenvalue weighted by atomic mass is 15.3. The molecule has 112 valence electrons. The summed E-state index contributed by atoms with van der Waals surface area (Å²) >= 11 is 0. The molecule has 1 aliphatic rings. The average molecular weight is 285 g/mol. The van der Waals surface area contributed by atoms with Gasteiger partial charge >= 0.3 is 0 Å². The maximum Gasteiger partial charge on any atom is 0.162 e. The number of aryl methyl sites for hydroxylation is 3. The summed E-state index contributed by atoms with van der Waals surface area (Å²) in [6, 6.07) is 0.410. The third-order valence-electron chi connectivity index (χ3n) is 4.11. The predicted molar refractivity (Wildman–Crippen MR) is 83.0 cm³/mol. The van der Waals surface area contributed by atoms with E-state index < -0.39 is 0 Å². The van der Waals surface area contributed by atoms with Gasteiger partial charge in [-0.05, 0) is 32.2 Å². The van der Waals surface area contributed by atoms with Crippen LogP contribution >= 0.6 is 0 Å². The van der Waals surface area contributed by atoms with E-state index in [1.165, 1.54) is 24.1 Å². The Labute approximate surface area is 125 Å². The molecule has 5 nitrogen and oxygen atoms in total. The van der Waals surface area contributed by atoms with Gasteiger partial charge < -0.3 is 5.32 Å². The summed E-state index contributed by atoms with van der Waals surface area (Å²) in [6.07, 6.45) is 8.35. The molecular formula is C16H23N5. The summed E-state index contributed by atoms with van der Waals surface area (Å²) < 4.78 is 1.85. The van der Waals surface area contributed by atoms with Gasteiger partial charge in [0.05, 0.1) is 11.3 Å². The molecule has 5 heteroatoms. The normalized spacial score (nSPS) is 17.8. The Kier molecular flexibility index (Phi) is 4.01. The van der Waals surface area contributed by atoms with E-state index in [2.05, 4.69) is 29.2 Å². The van der Waals surface area contributed by atoms with Gasteiger partial charge in [0.25, 0.3) is 0 Å². The molecule has 3 rings (SSSR count). The van der Waals surface area contributed by atoms with Crippen molar-refractivity contribution in [2.45, 2.75) is 45.6 Å². The van der Waals surface area contributed by atoms with Crippen LogP contribution in [0.25, 0.3) is 11.4 Å². The van der Waals surface area contributed by atoms with Crippen molar-refractivity contribution in [2.75, 3.05) is 6.54 Å². The largest absolute Gasteiger partial charge is 0.310 e. The van der Waals surface area contributed by atoms with Crippen LogP contribution in [0.2, 0.25) is 0 Å². The zero-order valence-corrected chi connectivity index (χ0v) is 13.1. The van der Waals surface area contributed by atoms with Gasteiger partial charge in [-0.1, -0.05) is 13.8 Å². The van der Waals surface area contributed by atoms with E-state index in [0.29, 0.717) is 6.04 Å². The van der Waals surface area contributed by atoms with Crippen LogP contribution in [0.15, 0.2) is 12.4 Å². The molecule has 1 aliphatic carbocycles. The molecular weight excluding hydrogens is 262 g/mol. The van der Waals surface area contributed by atoms with Crippen LogP contribution in [-0.4, -0.2) is 26.3 Å². The van der Waals surface area contributed by atoms with Gasteiger partial charge in [0.2, 0.25) is 0 Å². The van der Waals surface area contributed by atoms with Gasteiger partial charge in [0, 0.05) is 36.7 Å². The fourth-order valence-electron chi connectivity index (χ4n) is 3.12. The summed E-state index contributed by atoms with van der Waals surface area (Å²) in [5, 5.41) is 8.02. The summed E-state index contributed by atoms with van der Waals surface area (Å²) in [6.45, 7) is 5.24. The number of nitrogens with one attached hydrogen (secondary N) is 1. The third kappa shape index (κ3) is 2.70. The molecule has 0 aliphatic heterocycles. The van der Waals surface area contributed by atoms with Crippen LogP contribution in [-0.2, 0) is 19.9 Å². The standard InChI is InChI=1S/C16H23N5/c1-4-13-12(10-21(3)20-13)16-18-9-11-14(17-5-2)7-6-8-15(11)19-16/h9-10,14,17H,4-8H2,1-3H3. The fraction of sp³-hybridized carbons (Fsp3) is 0.562. The lowest BCUT2D eigenvalue weighted by molar-refractivity contribution is 0.464. The van der Waals surface area contributed by atoms with Gasteiger partial charge in [-0.25, -0.2) is 9.97 Å². The molecule has 21 heavy (non-hydrogen) atoms. The topological polar surface area (TPSA) is 55.6 Å². The lowest BCUT2D eigenvalue weighted by atomic mass is 9.92. The summed E-state index contributed by atoms with van der Waals surface area (Å²) in [5.74, 6) is 0.816. The quantitative estimate of drug-likeness (QED) is 0.937. The number of nitrogens with zero attached hydrogens (tertiary/aromatic N) is 4. The maximum atomic E-state index is 4.83. The SMILES string of the molecule is CCNC1CCCc2nc(-c3cn(C)nc3CC)ncc21. The monoisotopic (exact) mass is 285 g/mol. The van der Waals surface area contributed by atoms with Gasteiger partial charge in [-0.2, -0.15) is 5.10 Å². The average Bonchev–Trinajstić information content (AvgIpc) is 2.88. The lowest BCUT2D eigenvalue weighted by Gasteiger charge is -2.25. The van der Waals surface area contributed by atoms with Crippen molar-refractivity contribution in [1.29, 1.82) is 0 Å². The second kappa shape index (κ2) is 5.93. The highest BCUT2D eigenvalue weighted by Gasteiger charge is 2.22. The smallest absolute Gasteiger partial charge is 0.162 e. The van der Waals surface area contributed by atoms with Crippen LogP contribution in [0.4, 0.5) is 0 Å². The summed E-state index contributed by atoms with van der Waals surface area (Å²) in [7, 11) is 1.95. The van der Waals surface area contributed by atoms with E-state index >= 15 is 0 Å². The third-order valence-corrected chi connectivity index (χ3v) is 4.11. The van der Waals surface area contributed by atoms with E-state index in [1.54, 1.807) is 0 Å². The van der Waals surface area contributed by atoms with Gasteiger partial charge in [0.15, 0.2) is 5.82 Å². The zero-order chi connectivity index (χ0) is 14.8. The summed E-state index contributed by atoms with van der Waals surface area (Å²) in [5.41, 5.74) is 4.60. The molecule has 2 heterocycles. The van der Waals surface area contributed by atoms with Crippen molar-refractivity contribution in [2.24, 2.45) is 7.05 Å². The molecule has 1 atom stereocenters. The van der Waals surface area contributed by atoms with E-state index in [9.17, 15) is 0 Å². The first kappa shape index (κ1) is 14.2. The molecule has 2 aromatic rings. The van der Waals surface area contributed by atoms with Crippen LogP contribution in [0.3, 0.4) is 0 Å². The Morgan fingerprint density at radius 1 is 1.38 bits per heavy atom. The first-order valence-corrected chi connectivity index (χ1v) is 7.85. The minimum atomic E-state index is 0.410. The molecule has 1 unspecified atom stereocenters. The molecule has 0 spiro atoms. The Bertz CT molecular complexity index is 632. The highest BCUT2D eigenvalue weighted by Crippen LogP contribution is 2.30. The highest BCUT2D eigenvalue weighted by molar-refractivity contribution is 5.57. The summed E-state index contributed by atoms with van der Waals surface area (Å²) in [4.78, 5) is 9.45. The molecule has 0 amide bonds. The van der Waals surface area contributed by atoms with E-state index in [-0.39, 0.29) is 0 Å². The van der Waals surface area contributed by atoms with Crippen molar-refractivity contribution in [3.05, 3.63) is 29.3 Å². The predicted octanol–water partition coefficient (Wildman–Crippen LogP) is 2.43. The number of aromatic nitrogens is 4. The fourth-order valence-corrected chi connectivity index (χ4v) is 3.12. The van der Waals surface area contributed by atoms with E-state index in [1.807, 2.05) is 24.1 Å². The van der Waals surface area contributed by atoms with Crippen molar-refractivity contribution < 1.29 is 0 Å². The molecule has 0 aromatic carbocycles. The first-order chi connectivity index (χ1) is 10.2. The molecule has 0 saturated carbocycles. The number of hydrogen-bond donors (Lipinski definition) is 1. The number of fused-ring (bicyclic) bond motifs is 1. The van der Waals surface area contributed by atoms with E-state index in [0.717, 1.165) is 36.5 Å². The van der Waals surface area contributed by atoms with Crippen LogP contribution < -0.4 is 5.32 Å². The maximum absolute atomic E-state index is 4.83. The Hall–Kier alpha value is -1.75. The van der Waals surface area contributed by atoms with Gasteiger partial charge in [-0.15, -0.1) is 0 Å². The Morgan fingerprint density at radius 2 is 2.24 bits per heavy atom. The molecule has 0 bridgehead atoms. The van der Waals surface area contributed by atoms with Crippen molar-refractivity contribution >= 4 is 0 Å². The second-order valence-corrected chi connectivity index (χ2v) is 5.61. The number of rotatable bonds is 4. The first-order valence-electron chi connectivity index (χ1n) is 7.85. The Morgan fingerprint density at radius 3 is 3.00 bits per heavy atom. The molecule has 0 saturated heterocycles. The zero-order valence-electron chi connectivity index (χ0n) is 13.1. The number of hydrogen-bond acceptors (Lipinski definition) is 4. The molecule has 2 aromatic heterocycles. The minimum Gasteiger partial charge on any atom is -0.310 e. The minimum absolute atomic E-state index is 0.410.